The van der Waals surface area contributed by atoms with Crippen LogP contribution in [0.4, 0.5) is 17.3 Å². The number of anilines is 3. The summed E-state index contributed by atoms with van der Waals surface area (Å²) in [5.74, 6) is -0.556. The number of amides is 1. The van der Waals surface area contributed by atoms with Crippen LogP contribution >= 0.6 is 11.6 Å². The molecule has 0 unspecified atom stereocenters. The van der Waals surface area contributed by atoms with Gasteiger partial charge >= 0.3 is 5.97 Å². The number of halogens is 1. The molecule has 0 saturated heterocycles. The van der Waals surface area contributed by atoms with Crippen LogP contribution in [0.2, 0.25) is 5.02 Å². The quantitative estimate of drug-likeness (QED) is 0.603. The average molecular weight is 397 g/mol. The molecule has 3 aromatic rings. The number of aromatic nitrogens is 2. The molecule has 1 amide bonds. The number of hydrogen-bond acceptors (Lipinski definition) is 6. The molecular weight excluding hydrogens is 380 g/mol. The monoisotopic (exact) mass is 396 g/mol. The number of para-hydroxylation sites is 1. The lowest BCUT2D eigenvalue weighted by atomic mass is 10.2. The van der Waals surface area contributed by atoms with Crippen LogP contribution in [0, 0.1) is 0 Å². The fourth-order valence-electron chi connectivity index (χ4n) is 2.38. The third-order valence-electron chi connectivity index (χ3n) is 3.67. The van der Waals surface area contributed by atoms with E-state index in [1.807, 2.05) is 0 Å². The lowest BCUT2D eigenvalue weighted by Gasteiger charge is -2.10. The maximum absolute atomic E-state index is 12.3. The molecule has 28 heavy (non-hydrogen) atoms. The SMILES string of the molecule is CCOC(=O)c1ccccc1Nc1ncc(C(=O)Nc2cccc(Cl)c2)cn1. The van der Waals surface area contributed by atoms with Crippen molar-refractivity contribution in [2.45, 2.75) is 6.92 Å². The first-order valence-corrected chi connectivity index (χ1v) is 8.86. The molecule has 2 aromatic carbocycles. The standard InChI is InChI=1S/C20H17ClN4O3/c1-2-28-19(27)16-8-3-4-9-17(16)25-20-22-11-13(12-23-20)18(26)24-15-7-5-6-14(21)10-15/h3-12H,2H2,1H3,(H,24,26)(H,22,23,25). The first-order valence-electron chi connectivity index (χ1n) is 8.49. The van der Waals surface area contributed by atoms with E-state index in [2.05, 4.69) is 20.6 Å². The van der Waals surface area contributed by atoms with Crippen molar-refractivity contribution in [3.63, 3.8) is 0 Å². The third kappa shape index (κ3) is 4.83. The van der Waals surface area contributed by atoms with Crippen molar-refractivity contribution in [1.82, 2.24) is 9.97 Å². The Balaban J connectivity index is 1.71. The molecule has 0 aliphatic carbocycles. The van der Waals surface area contributed by atoms with Crippen LogP contribution in [0.1, 0.15) is 27.6 Å². The van der Waals surface area contributed by atoms with Gasteiger partial charge in [-0.05, 0) is 37.3 Å². The summed E-state index contributed by atoms with van der Waals surface area (Å²) in [5, 5.41) is 6.21. The number of nitrogens with one attached hydrogen (secondary N) is 2. The Bertz CT molecular complexity index is 993. The number of benzene rings is 2. The van der Waals surface area contributed by atoms with Gasteiger partial charge in [0, 0.05) is 23.1 Å². The zero-order valence-corrected chi connectivity index (χ0v) is 15.7. The molecular formula is C20H17ClN4O3. The molecule has 0 bridgehead atoms. The largest absolute Gasteiger partial charge is 0.462 e. The topological polar surface area (TPSA) is 93.2 Å². The van der Waals surface area contributed by atoms with E-state index < -0.39 is 5.97 Å². The zero-order chi connectivity index (χ0) is 19.9. The fraction of sp³-hybridized carbons (Fsp3) is 0.100. The molecule has 1 aromatic heterocycles. The lowest BCUT2D eigenvalue weighted by molar-refractivity contribution is 0.0527. The highest BCUT2D eigenvalue weighted by atomic mass is 35.5. The molecule has 0 atom stereocenters. The van der Waals surface area contributed by atoms with Crippen LogP contribution in [0.25, 0.3) is 0 Å². The Kier molecular flexibility index (Phi) is 6.18. The van der Waals surface area contributed by atoms with Gasteiger partial charge in [0.2, 0.25) is 5.95 Å². The van der Waals surface area contributed by atoms with Crippen molar-refractivity contribution in [1.29, 1.82) is 0 Å². The highest BCUT2D eigenvalue weighted by Crippen LogP contribution is 2.20. The predicted molar refractivity (Wildman–Crippen MR) is 107 cm³/mol. The minimum atomic E-state index is -0.442. The van der Waals surface area contributed by atoms with E-state index in [1.54, 1.807) is 55.5 Å². The molecule has 0 radical (unpaired) electrons. The summed E-state index contributed by atoms with van der Waals surface area (Å²) in [5.41, 5.74) is 1.74. The maximum Gasteiger partial charge on any atom is 0.340 e. The van der Waals surface area contributed by atoms with Gasteiger partial charge in [-0.15, -0.1) is 0 Å². The Morgan fingerprint density at radius 1 is 1.07 bits per heavy atom. The summed E-state index contributed by atoms with van der Waals surface area (Å²) in [4.78, 5) is 32.6. The van der Waals surface area contributed by atoms with Crippen molar-refractivity contribution >= 4 is 40.8 Å². The molecule has 0 spiro atoms. The number of rotatable bonds is 6. The minimum absolute atomic E-state index is 0.246. The van der Waals surface area contributed by atoms with Crippen molar-refractivity contribution in [2.75, 3.05) is 17.2 Å². The van der Waals surface area contributed by atoms with Crippen molar-refractivity contribution < 1.29 is 14.3 Å². The summed E-state index contributed by atoms with van der Waals surface area (Å²) in [6.45, 7) is 2.02. The van der Waals surface area contributed by atoms with Crippen LogP contribution in [-0.4, -0.2) is 28.5 Å². The van der Waals surface area contributed by atoms with Crippen molar-refractivity contribution in [2.24, 2.45) is 0 Å². The third-order valence-corrected chi connectivity index (χ3v) is 3.90. The van der Waals surface area contributed by atoms with Crippen LogP contribution in [0.3, 0.4) is 0 Å². The maximum atomic E-state index is 12.3. The Labute approximate surface area is 166 Å². The smallest absolute Gasteiger partial charge is 0.340 e. The van der Waals surface area contributed by atoms with Crippen LogP contribution in [0.5, 0.6) is 0 Å². The van der Waals surface area contributed by atoms with Gasteiger partial charge in [0.05, 0.1) is 23.4 Å². The van der Waals surface area contributed by atoms with E-state index in [0.29, 0.717) is 22.0 Å². The van der Waals surface area contributed by atoms with Gasteiger partial charge in [-0.2, -0.15) is 0 Å². The minimum Gasteiger partial charge on any atom is -0.462 e. The van der Waals surface area contributed by atoms with Gasteiger partial charge in [0.25, 0.3) is 5.91 Å². The van der Waals surface area contributed by atoms with Gasteiger partial charge in [-0.3, -0.25) is 4.79 Å². The molecule has 142 valence electrons. The van der Waals surface area contributed by atoms with Gasteiger partial charge in [0.15, 0.2) is 0 Å². The van der Waals surface area contributed by atoms with Crippen LogP contribution in [0.15, 0.2) is 60.9 Å². The number of nitrogens with zero attached hydrogens (tertiary/aromatic N) is 2. The van der Waals surface area contributed by atoms with Gasteiger partial charge in [0.1, 0.15) is 0 Å². The van der Waals surface area contributed by atoms with Gasteiger partial charge in [-0.25, -0.2) is 14.8 Å². The molecule has 7 nitrogen and oxygen atoms in total. The van der Waals surface area contributed by atoms with Crippen molar-refractivity contribution in [3.8, 4) is 0 Å². The van der Waals surface area contributed by atoms with E-state index in [0.717, 1.165) is 0 Å². The van der Waals surface area contributed by atoms with E-state index in [4.69, 9.17) is 16.3 Å². The Morgan fingerprint density at radius 3 is 2.54 bits per heavy atom. The Morgan fingerprint density at radius 2 is 1.82 bits per heavy atom. The predicted octanol–water partition coefficient (Wildman–Crippen LogP) is 4.30. The van der Waals surface area contributed by atoms with Crippen molar-refractivity contribution in [3.05, 3.63) is 77.1 Å². The number of hydrogen-bond donors (Lipinski definition) is 2. The number of ether oxygens (including phenoxy) is 1. The van der Waals surface area contributed by atoms with E-state index in [9.17, 15) is 9.59 Å². The normalized spacial score (nSPS) is 10.2. The molecule has 3 rings (SSSR count). The van der Waals surface area contributed by atoms with Crippen LogP contribution < -0.4 is 10.6 Å². The first-order chi connectivity index (χ1) is 13.6. The molecule has 0 fully saturated rings. The molecule has 0 saturated carbocycles. The number of carbonyl (C=O) groups is 2. The molecule has 8 heteroatoms. The lowest BCUT2D eigenvalue weighted by Crippen LogP contribution is -2.13. The zero-order valence-electron chi connectivity index (χ0n) is 15.0. The number of carbonyl (C=O) groups excluding carboxylic acids is 2. The van der Waals surface area contributed by atoms with E-state index in [-0.39, 0.29) is 24.0 Å². The second kappa shape index (κ2) is 8.96. The first kappa shape index (κ1) is 19.3. The molecule has 1 heterocycles. The average Bonchev–Trinajstić information content (AvgIpc) is 2.69. The Hall–Kier alpha value is -3.45. The summed E-state index contributed by atoms with van der Waals surface area (Å²) in [7, 11) is 0. The highest BCUT2D eigenvalue weighted by Gasteiger charge is 2.13. The fourth-order valence-corrected chi connectivity index (χ4v) is 2.57. The van der Waals surface area contributed by atoms with Gasteiger partial charge < -0.3 is 15.4 Å². The van der Waals surface area contributed by atoms with E-state index >= 15 is 0 Å². The second-order valence-electron chi connectivity index (χ2n) is 5.65. The molecule has 2 N–H and O–H groups in total. The summed E-state index contributed by atoms with van der Waals surface area (Å²) < 4.78 is 5.04. The number of esters is 1. The summed E-state index contributed by atoms with van der Waals surface area (Å²) in [6.07, 6.45) is 2.78. The van der Waals surface area contributed by atoms with Crippen LogP contribution in [-0.2, 0) is 4.74 Å². The summed E-state index contributed by atoms with van der Waals surface area (Å²) in [6, 6.07) is 13.7. The van der Waals surface area contributed by atoms with E-state index in [1.165, 1.54) is 12.4 Å². The molecule has 0 aliphatic rings. The van der Waals surface area contributed by atoms with Gasteiger partial charge in [-0.1, -0.05) is 29.8 Å². The second-order valence-corrected chi connectivity index (χ2v) is 6.09. The molecule has 0 aliphatic heterocycles. The summed E-state index contributed by atoms with van der Waals surface area (Å²) >= 11 is 5.91. The highest BCUT2D eigenvalue weighted by molar-refractivity contribution is 6.30.